The molecule has 0 saturated carbocycles. The number of carbonyl (C=O) groups excluding carboxylic acids is 1. The summed E-state index contributed by atoms with van der Waals surface area (Å²) in [6.45, 7) is 1.29. The number of benzene rings is 3. The van der Waals surface area contributed by atoms with E-state index >= 15 is 0 Å². The van der Waals surface area contributed by atoms with Crippen molar-refractivity contribution in [3.8, 4) is 11.5 Å². The first-order valence-corrected chi connectivity index (χ1v) is 9.59. The van der Waals surface area contributed by atoms with Gasteiger partial charge in [-0.05, 0) is 41.8 Å². The molecule has 28 heavy (non-hydrogen) atoms. The molecule has 0 aliphatic carbocycles. The molecular weight excluding hydrogens is 350 g/mol. The number of carbonyl (C=O) groups is 1. The van der Waals surface area contributed by atoms with Crippen LogP contribution in [0.3, 0.4) is 0 Å². The fourth-order valence-corrected chi connectivity index (χ4v) is 3.33. The van der Waals surface area contributed by atoms with E-state index in [4.69, 9.17) is 9.47 Å². The highest BCUT2D eigenvalue weighted by atomic mass is 16.5. The molecule has 1 aliphatic rings. The van der Waals surface area contributed by atoms with Crippen LogP contribution in [-0.2, 0) is 6.42 Å². The van der Waals surface area contributed by atoms with Crippen molar-refractivity contribution >= 4 is 5.91 Å². The third kappa shape index (κ3) is 4.34. The lowest BCUT2D eigenvalue weighted by Gasteiger charge is -2.21. The van der Waals surface area contributed by atoms with Crippen LogP contribution in [0.2, 0.25) is 0 Å². The first-order chi connectivity index (χ1) is 13.8. The highest BCUT2D eigenvalue weighted by molar-refractivity contribution is 5.94. The van der Waals surface area contributed by atoms with Crippen LogP contribution in [-0.4, -0.2) is 19.1 Å². The van der Waals surface area contributed by atoms with Gasteiger partial charge in [-0.3, -0.25) is 4.79 Å². The number of amides is 1. The molecule has 0 aromatic heterocycles. The Hall–Kier alpha value is -3.27. The van der Waals surface area contributed by atoms with Crippen LogP contribution in [0.15, 0.2) is 78.9 Å². The minimum absolute atomic E-state index is 0.0892. The van der Waals surface area contributed by atoms with Gasteiger partial charge in [-0.25, -0.2) is 0 Å². The van der Waals surface area contributed by atoms with Crippen molar-refractivity contribution in [1.29, 1.82) is 0 Å². The first-order valence-electron chi connectivity index (χ1n) is 9.59. The lowest BCUT2D eigenvalue weighted by atomic mass is 9.98. The smallest absolute Gasteiger partial charge is 0.251 e. The molecule has 4 heteroatoms. The molecule has 1 aliphatic heterocycles. The van der Waals surface area contributed by atoms with E-state index in [0.717, 1.165) is 29.0 Å². The second kappa shape index (κ2) is 8.61. The van der Waals surface area contributed by atoms with Gasteiger partial charge in [-0.15, -0.1) is 0 Å². The van der Waals surface area contributed by atoms with E-state index in [2.05, 4.69) is 17.4 Å². The van der Waals surface area contributed by atoms with Crippen molar-refractivity contribution in [3.05, 3.63) is 95.6 Å². The van der Waals surface area contributed by atoms with Crippen LogP contribution in [0.1, 0.15) is 33.9 Å². The van der Waals surface area contributed by atoms with Crippen molar-refractivity contribution in [2.24, 2.45) is 0 Å². The van der Waals surface area contributed by atoms with E-state index in [1.54, 1.807) is 0 Å². The Balaban J connectivity index is 1.62. The molecule has 1 atom stereocenters. The fourth-order valence-electron chi connectivity index (χ4n) is 3.33. The average molecular weight is 373 g/mol. The maximum absolute atomic E-state index is 12.8. The summed E-state index contributed by atoms with van der Waals surface area (Å²) in [7, 11) is 0. The predicted octanol–water partition coefficient (Wildman–Crippen LogP) is 4.56. The number of hydrogen-bond acceptors (Lipinski definition) is 3. The zero-order valence-corrected chi connectivity index (χ0v) is 15.6. The van der Waals surface area contributed by atoms with Crippen LogP contribution in [0.4, 0.5) is 0 Å². The lowest BCUT2D eigenvalue weighted by molar-refractivity contribution is 0.0936. The van der Waals surface area contributed by atoms with Crippen LogP contribution in [0.5, 0.6) is 11.5 Å². The fraction of sp³-hybridized carbons (Fsp3) is 0.208. The minimum Gasteiger partial charge on any atom is -0.490 e. The Kier molecular flexibility index (Phi) is 5.57. The summed E-state index contributed by atoms with van der Waals surface area (Å²) >= 11 is 0. The molecule has 1 amide bonds. The Morgan fingerprint density at radius 3 is 2.29 bits per heavy atom. The first kappa shape index (κ1) is 18.1. The van der Waals surface area contributed by atoms with Gasteiger partial charge in [-0.2, -0.15) is 0 Å². The largest absolute Gasteiger partial charge is 0.490 e. The molecule has 3 aromatic carbocycles. The second-order valence-electron chi connectivity index (χ2n) is 6.84. The summed E-state index contributed by atoms with van der Waals surface area (Å²) in [6, 6.07) is 25.2. The molecule has 0 saturated heterocycles. The van der Waals surface area contributed by atoms with Crippen LogP contribution in [0, 0.1) is 0 Å². The number of hydrogen-bond donors (Lipinski definition) is 1. The third-order valence-electron chi connectivity index (χ3n) is 4.80. The molecule has 4 nitrogen and oxygen atoms in total. The normalized spacial score (nSPS) is 14.0. The van der Waals surface area contributed by atoms with E-state index in [-0.39, 0.29) is 11.9 Å². The Morgan fingerprint density at radius 1 is 0.857 bits per heavy atom. The molecule has 4 rings (SSSR count). The Labute approximate surface area is 165 Å². The average Bonchev–Trinajstić information content (AvgIpc) is 2.99. The summed E-state index contributed by atoms with van der Waals surface area (Å²) < 4.78 is 11.6. The number of nitrogens with one attached hydrogen (secondary N) is 1. The van der Waals surface area contributed by atoms with Crippen molar-refractivity contribution in [2.45, 2.75) is 18.9 Å². The summed E-state index contributed by atoms with van der Waals surface area (Å²) in [5, 5.41) is 3.19. The Morgan fingerprint density at radius 2 is 1.54 bits per heavy atom. The van der Waals surface area contributed by atoms with Gasteiger partial charge in [0.15, 0.2) is 11.5 Å². The monoisotopic (exact) mass is 373 g/mol. The van der Waals surface area contributed by atoms with Crippen LogP contribution in [0.25, 0.3) is 0 Å². The van der Waals surface area contributed by atoms with Gasteiger partial charge in [0.25, 0.3) is 5.91 Å². The number of fused-ring (bicyclic) bond motifs is 1. The van der Waals surface area contributed by atoms with E-state index < -0.39 is 0 Å². The highest BCUT2D eigenvalue weighted by Crippen LogP contribution is 2.33. The van der Waals surface area contributed by atoms with Gasteiger partial charge >= 0.3 is 0 Å². The van der Waals surface area contributed by atoms with Crippen molar-refractivity contribution < 1.29 is 14.3 Å². The van der Waals surface area contributed by atoms with Crippen LogP contribution < -0.4 is 14.8 Å². The van der Waals surface area contributed by atoms with E-state index in [9.17, 15) is 4.79 Å². The summed E-state index contributed by atoms with van der Waals surface area (Å²) in [4.78, 5) is 12.8. The molecule has 0 unspecified atom stereocenters. The lowest BCUT2D eigenvalue weighted by Crippen LogP contribution is -2.30. The maximum atomic E-state index is 12.8. The zero-order chi connectivity index (χ0) is 19.2. The molecule has 1 N–H and O–H groups in total. The standard InChI is InChI=1S/C24H23NO3/c26-24(19-10-5-2-6-11-19)25-21(16-18-8-3-1-4-9-18)20-12-13-22-23(17-20)28-15-7-14-27-22/h1-6,8-13,17,21H,7,14-16H2,(H,25,26)/t21-/m1/s1. The molecule has 0 spiro atoms. The van der Waals surface area contributed by atoms with Gasteiger partial charge in [-0.1, -0.05) is 54.6 Å². The van der Waals surface area contributed by atoms with Gasteiger partial charge < -0.3 is 14.8 Å². The molecule has 142 valence electrons. The van der Waals surface area contributed by atoms with Crippen LogP contribution >= 0.6 is 0 Å². The molecule has 1 heterocycles. The van der Waals surface area contributed by atoms with E-state index in [1.165, 1.54) is 0 Å². The molecule has 0 fully saturated rings. The zero-order valence-electron chi connectivity index (χ0n) is 15.6. The summed E-state index contributed by atoms with van der Waals surface area (Å²) in [6.07, 6.45) is 1.56. The van der Waals surface area contributed by atoms with Crippen molar-refractivity contribution in [3.63, 3.8) is 0 Å². The molecule has 0 radical (unpaired) electrons. The van der Waals surface area contributed by atoms with Gasteiger partial charge in [0, 0.05) is 12.0 Å². The second-order valence-corrected chi connectivity index (χ2v) is 6.84. The molecular formula is C24H23NO3. The van der Waals surface area contributed by atoms with E-state index in [1.807, 2.05) is 66.7 Å². The minimum atomic E-state index is -0.174. The summed E-state index contributed by atoms with van der Waals surface area (Å²) in [5.74, 6) is 1.41. The maximum Gasteiger partial charge on any atom is 0.251 e. The van der Waals surface area contributed by atoms with Gasteiger partial charge in [0.2, 0.25) is 0 Å². The predicted molar refractivity (Wildman–Crippen MR) is 109 cm³/mol. The Bertz CT molecular complexity index is 925. The third-order valence-corrected chi connectivity index (χ3v) is 4.80. The SMILES string of the molecule is O=C(N[C@H](Cc1ccccc1)c1ccc2c(c1)OCCCO2)c1ccccc1. The van der Waals surface area contributed by atoms with E-state index in [0.29, 0.717) is 25.2 Å². The van der Waals surface area contributed by atoms with Crippen molar-refractivity contribution in [1.82, 2.24) is 5.32 Å². The number of ether oxygens (including phenoxy) is 2. The highest BCUT2D eigenvalue weighted by Gasteiger charge is 2.19. The van der Waals surface area contributed by atoms with Gasteiger partial charge in [0.1, 0.15) is 0 Å². The molecule has 0 bridgehead atoms. The summed E-state index contributed by atoms with van der Waals surface area (Å²) in [5.41, 5.74) is 2.81. The van der Waals surface area contributed by atoms with Crippen molar-refractivity contribution in [2.75, 3.05) is 13.2 Å². The van der Waals surface area contributed by atoms with Gasteiger partial charge in [0.05, 0.1) is 19.3 Å². The number of rotatable bonds is 5. The quantitative estimate of drug-likeness (QED) is 0.713. The topological polar surface area (TPSA) is 47.6 Å². The molecule has 3 aromatic rings.